The molecule has 1 fully saturated rings. The van der Waals surface area contributed by atoms with E-state index in [9.17, 15) is 0 Å². The highest BCUT2D eigenvalue weighted by Gasteiger charge is 2.23. The molecule has 2 aromatic rings. The van der Waals surface area contributed by atoms with Gasteiger partial charge in [0.25, 0.3) is 0 Å². The van der Waals surface area contributed by atoms with E-state index in [1.54, 1.807) is 6.20 Å². The highest BCUT2D eigenvalue weighted by atomic mass is 35.5. The molecule has 0 aromatic carbocycles. The lowest BCUT2D eigenvalue weighted by atomic mass is 10.3. The SMILES string of the molecule is Cc1nnc2c(N3CCOC(CCl)C3)nccn12. The Morgan fingerprint density at radius 3 is 3.22 bits per heavy atom. The van der Waals surface area contributed by atoms with Gasteiger partial charge < -0.3 is 9.64 Å². The van der Waals surface area contributed by atoms with Gasteiger partial charge in [-0.2, -0.15) is 0 Å². The predicted molar refractivity (Wildman–Crippen MR) is 68.2 cm³/mol. The third kappa shape index (κ3) is 1.91. The highest BCUT2D eigenvalue weighted by Crippen LogP contribution is 2.20. The fourth-order valence-electron chi connectivity index (χ4n) is 2.16. The van der Waals surface area contributed by atoms with E-state index in [0.717, 1.165) is 30.4 Å². The molecule has 3 heterocycles. The van der Waals surface area contributed by atoms with Crippen LogP contribution in [0.5, 0.6) is 0 Å². The summed E-state index contributed by atoms with van der Waals surface area (Å²) in [5.41, 5.74) is 0.783. The normalized spacial score (nSPS) is 20.6. The molecule has 0 spiro atoms. The average molecular weight is 268 g/mol. The topological polar surface area (TPSA) is 55.5 Å². The van der Waals surface area contributed by atoms with Gasteiger partial charge in [0.2, 0.25) is 5.65 Å². The van der Waals surface area contributed by atoms with Crippen molar-refractivity contribution in [3.8, 4) is 0 Å². The van der Waals surface area contributed by atoms with Crippen LogP contribution in [-0.2, 0) is 4.74 Å². The average Bonchev–Trinajstić information content (AvgIpc) is 2.81. The number of halogens is 1. The maximum absolute atomic E-state index is 5.85. The van der Waals surface area contributed by atoms with Gasteiger partial charge in [-0.15, -0.1) is 21.8 Å². The fourth-order valence-corrected chi connectivity index (χ4v) is 2.34. The molecule has 0 radical (unpaired) electrons. The molecule has 18 heavy (non-hydrogen) atoms. The van der Waals surface area contributed by atoms with Crippen molar-refractivity contribution in [2.45, 2.75) is 13.0 Å². The molecule has 0 saturated carbocycles. The summed E-state index contributed by atoms with van der Waals surface area (Å²) in [6, 6.07) is 0. The van der Waals surface area contributed by atoms with Crippen molar-refractivity contribution in [1.29, 1.82) is 0 Å². The van der Waals surface area contributed by atoms with E-state index < -0.39 is 0 Å². The van der Waals surface area contributed by atoms with Gasteiger partial charge in [-0.1, -0.05) is 0 Å². The molecule has 0 aliphatic carbocycles. The Hall–Kier alpha value is -1.40. The van der Waals surface area contributed by atoms with Crippen LogP contribution in [0.25, 0.3) is 5.65 Å². The molecular formula is C11H14ClN5O. The molecule has 96 valence electrons. The molecular weight excluding hydrogens is 254 g/mol. The Morgan fingerprint density at radius 2 is 2.39 bits per heavy atom. The third-order valence-corrected chi connectivity index (χ3v) is 3.43. The van der Waals surface area contributed by atoms with Crippen molar-refractivity contribution in [1.82, 2.24) is 19.6 Å². The van der Waals surface area contributed by atoms with Crippen molar-refractivity contribution in [2.24, 2.45) is 0 Å². The van der Waals surface area contributed by atoms with Crippen LogP contribution < -0.4 is 4.90 Å². The summed E-state index contributed by atoms with van der Waals surface area (Å²) < 4.78 is 7.49. The highest BCUT2D eigenvalue weighted by molar-refractivity contribution is 6.18. The van der Waals surface area contributed by atoms with E-state index in [1.807, 2.05) is 17.5 Å². The van der Waals surface area contributed by atoms with E-state index in [2.05, 4.69) is 20.1 Å². The minimum atomic E-state index is 0.0477. The minimum absolute atomic E-state index is 0.0477. The van der Waals surface area contributed by atoms with Gasteiger partial charge in [-0.3, -0.25) is 4.40 Å². The zero-order valence-electron chi connectivity index (χ0n) is 10.1. The summed E-state index contributed by atoms with van der Waals surface area (Å²) in [5.74, 6) is 2.19. The number of hydrogen-bond acceptors (Lipinski definition) is 5. The number of ether oxygens (including phenoxy) is 1. The Kier molecular flexibility index (Phi) is 3.05. The Bertz CT molecular complexity index is 557. The molecule has 3 rings (SSSR count). The number of aryl methyl sites for hydroxylation is 1. The smallest absolute Gasteiger partial charge is 0.203 e. The number of nitrogens with zero attached hydrogens (tertiary/aromatic N) is 5. The van der Waals surface area contributed by atoms with Gasteiger partial charge in [0.1, 0.15) is 5.82 Å². The third-order valence-electron chi connectivity index (χ3n) is 3.09. The van der Waals surface area contributed by atoms with E-state index in [0.29, 0.717) is 12.5 Å². The van der Waals surface area contributed by atoms with Crippen LogP contribution in [0.4, 0.5) is 5.82 Å². The zero-order chi connectivity index (χ0) is 12.5. The second kappa shape index (κ2) is 4.70. The number of hydrogen-bond donors (Lipinski definition) is 0. The van der Waals surface area contributed by atoms with Gasteiger partial charge >= 0.3 is 0 Å². The van der Waals surface area contributed by atoms with Crippen LogP contribution in [0.3, 0.4) is 0 Å². The van der Waals surface area contributed by atoms with Crippen LogP contribution >= 0.6 is 11.6 Å². The van der Waals surface area contributed by atoms with Gasteiger partial charge in [0, 0.05) is 25.5 Å². The fraction of sp³-hybridized carbons (Fsp3) is 0.545. The first-order chi connectivity index (χ1) is 8.79. The van der Waals surface area contributed by atoms with Crippen LogP contribution in [-0.4, -0.2) is 51.3 Å². The lowest BCUT2D eigenvalue weighted by Crippen LogP contribution is -2.43. The molecule has 0 N–H and O–H groups in total. The first-order valence-corrected chi connectivity index (χ1v) is 6.42. The maximum atomic E-state index is 5.85. The van der Waals surface area contributed by atoms with Gasteiger partial charge in [0.05, 0.1) is 18.6 Å². The molecule has 1 atom stereocenters. The van der Waals surface area contributed by atoms with Crippen LogP contribution in [0.2, 0.25) is 0 Å². The maximum Gasteiger partial charge on any atom is 0.203 e. The molecule has 1 aliphatic heterocycles. The van der Waals surface area contributed by atoms with Crippen LogP contribution in [0.1, 0.15) is 5.82 Å². The first-order valence-electron chi connectivity index (χ1n) is 5.88. The lowest BCUT2D eigenvalue weighted by Gasteiger charge is -2.32. The zero-order valence-corrected chi connectivity index (χ0v) is 10.8. The first kappa shape index (κ1) is 11.7. The minimum Gasteiger partial charge on any atom is -0.373 e. The van der Waals surface area contributed by atoms with E-state index >= 15 is 0 Å². The summed E-state index contributed by atoms with van der Waals surface area (Å²) in [7, 11) is 0. The monoisotopic (exact) mass is 267 g/mol. The molecule has 1 aliphatic rings. The summed E-state index contributed by atoms with van der Waals surface area (Å²) >= 11 is 5.85. The molecule has 7 heteroatoms. The Labute approximate surface area is 110 Å². The van der Waals surface area contributed by atoms with E-state index in [4.69, 9.17) is 16.3 Å². The molecule has 6 nitrogen and oxygen atoms in total. The predicted octanol–water partition coefficient (Wildman–Crippen LogP) is 0.877. The Morgan fingerprint density at radius 1 is 1.50 bits per heavy atom. The summed E-state index contributed by atoms with van der Waals surface area (Å²) in [6.07, 6.45) is 3.68. The van der Waals surface area contributed by atoms with E-state index in [-0.39, 0.29) is 6.10 Å². The van der Waals surface area contributed by atoms with Crippen molar-refractivity contribution in [2.75, 3.05) is 30.5 Å². The number of rotatable bonds is 2. The van der Waals surface area contributed by atoms with Crippen molar-refractivity contribution in [3.05, 3.63) is 18.2 Å². The quantitative estimate of drug-likeness (QED) is 0.756. The molecule has 2 aromatic heterocycles. The number of aromatic nitrogens is 4. The summed E-state index contributed by atoms with van der Waals surface area (Å²) in [5, 5.41) is 8.26. The number of anilines is 1. The van der Waals surface area contributed by atoms with Crippen LogP contribution in [0.15, 0.2) is 12.4 Å². The Balaban J connectivity index is 1.98. The number of fused-ring (bicyclic) bond motifs is 1. The standard InChI is InChI=1S/C11H14ClN5O/c1-8-14-15-11-10(13-2-3-17(8)11)16-4-5-18-9(6-12)7-16/h2-3,9H,4-7H2,1H3. The summed E-state index contributed by atoms with van der Waals surface area (Å²) in [6.45, 7) is 4.12. The largest absolute Gasteiger partial charge is 0.373 e. The summed E-state index contributed by atoms with van der Waals surface area (Å²) in [4.78, 5) is 6.57. The second-order valence-corrected chi connectivity index (χ2v) is 4.59. The molecule has 0 bridgehead atoms. The molecule has 0 amide bonds. The van der Waals surface area contributed by atoms with Gasteiger partial charge in [-0.05, 0) is 6.92 Å². The lowest BCUT2D eigenvalue weighted by molar-refractivity contribution is 0.0552. The van der Waals surface area contributed by atoms with Crippen LogP contribution in [0, 0.1) is 6.92 Å². The molecule has 1 unspecified atom stereocenters. The number of alkyl halides is 1. The van der Waals surface area contributed by atoms with E-state index in [1.165, 1.54) is 0 Å². The second-order valence-electron chi connectivity index (χ2n) is 4.28. The molecule has 1 saturated heterocycles. The van der Waals surface area contributed by atoms with Crippen molar-refractivity contribution in [3.63, 3.8) is 0 Å². The van der Waals surface area contributed by atoms with Crippen molar-refractivity contribution < 1.29 is 4.74 Å². The van der Waals surface area contributed by atoms with Crippen molar-refractivity contribution >= 4 is 23.1 Å². The van der Waals surface area contributed by atoms with Gasteiger partial charge in [-0.25, -0.2) is 4.98 Å². The van der Waals surface area contributed by atoms with Gasteiger partial charge in [0.15, 0.2) is 5.82 Å². The number of morpholine rings is 1.